The van der Waals surface area contributed by atoms with Crippen molar-refractivity contribution < 1.29 is 9.53 Å². The standard InChI is InChI=1S/C9H12ClN3O2/c10-2-5-15-6-4-11-9(14)8-1-3-12-13-7-8/h1,3,7H,2,4-6H2,(H,11,14). The van der Waals surface area contributed by atoms with Gasteiger partial charge in [-0.2, -0.15) is 10.2 Å². The lowest BCUT2D eigenvalue weighted by atomic mass is 10.3. The minimum absolute atomic E-state index is 0.181. The third-order valence-electron chi connectivity index (χ3n) is 1.60. The number of carbonyl (C=O) groups is 1. The molecule has 1 heterocycles. The van der Waals surface area contributed by atoms with Crippen LogP contribution in [-0.2, 0) is 4.74 Å². The average Bonchev–Trinajstić information content (AvgIpc) is 2.30. The fraction of sp³-hybridized carbons (Fsp3) is 0.444. The van der Waals surface area contributed by atoms with E-state index in [1.54, 1.807) is 6.07 Å². The number of alkyl halides is 1. The van der Waals surface area contributed by atoms with Gasteiger partial charge in [-0.15, -0.1) is 11.6 Å². The average molecular weight is 230 g/mol. The highest BCUT2D eigenvalue weighted by Crippen LogP contribution is 1.92. The SMILES string of the molecule is O=C(NCCOCCCl)c1ccnnc1. The third kappa shape index (κ3) is 4.71. The van der Waals surface area contributed by atoms with E-state index in [1.165, 1.54) is 12.4 Å². The van der Waals surface area contributed by atoms with E-state index < -0.39 is 0 Å². The normalized spacial score (nSPS) is 9.93. The van der Waals surface area contributed by atoms with Crippen LogP contribution in [0.4, 0.5) is 0 Å². The van der Waals surface area contributed by atoms with Crippen molar-refractivity contribution in [2.75, 3.05) is 25.6 Å². The summed E-state index contributed by atoms with van der Waals surface area (Å²) in [6.45, 7) is 1.41. The molecule has 1 amide bonds. The van der Waals surface area contributed by atoms with E-state index in [2.05, 4.69) is 15.5 Å². The van der Waals surface area contributed by atoms with Crippen LogP contribution in [0.5, 0.6) is 0 Å². The zero-order chi connectivity index (χ0) is 10.9. The molecule has 0 saturated carbocycles. The van der Waals surface area contributed by atoms with Gasteiger partial charge in [0.05, 0.1) is 31.2 Å². The van der Waals surface area contributed by atoms with E-state index in [-0.39, 0.29) is 5.91 Å². The number of halogens is 1. The Labute approximate surface area is 92.8 Å². The Morgan fingerprint density at radius 3 is 3.00 bits per heavy atom. The van der Waals surface area contributed by atoms with Crippen molar-refractivity contribution in [3.8, 4) is 0 Å². The molecule has 0 aliphatic heterocycles. The molecule has 1 rings (SSSR count). The summed E-state index contributed by atoms with van der Waals surface area (Å²) in [6.07, 6.45) is 2.88. The van der Waals surface area contributed by atoms with Crippen LogP contribution in [0.15, 0.2) is 18.5 Å². The number of nitrogens with one attached hydrogen (secondary N) is 1. The molecule has 1 N–H and O–H groups in total. The van der Waals surface area contributed by atoms with Crippen molar-refractivity contribution in [2.45, 2.75) is 0 Å². The highest BCUT2D eigenvalue weighted by atomic mass is 35.5. The molecule has 5 nitrogen and oxygen atoms in total. The zero-order valence-corrected chi connectivity index (χ0v) is 8.91. The maximum Gasteiger partial charge on any atom is 0.253 e. The molecule has 0 fully saturated rings. The summed E-state index contributed by atoms with van der Waals surface area (Å²) in [5.41, 5.74) is 0.488. The van der Waals surface area contributed by atoms with Gasteiger partial charge in [-0.05, 0) is 6.07 Å². The summed E-state index contributed by atoms with van der Waals surface area (Å²) in [5, 5.41) is 9.87. The van der Waals surface area contributed by atoms with E-state index in [4.69, 9.17) is 16.3 Å². The van der Waals surface area contributed by atoms with Crippen LogP contribution in [0, 0.1) is 0 Å². The number of aromatic nitrogens is 2. The fourth-order valence-electron chi connectivity index (χ4n) is 0.920. The van der Waals surface area contributed by atoms with Gasteiger partial charge < -0.3 is 10.1 Å². The van der Waals surface area contributed by atoms with Crippen molar-refractivity contribution in [1.29, 1.82) is 0 Å². The van der Waals surface area contributed by atoms with Crippen LogP contribution in [0.1, 0.15) is 10.4 Å². The minimum Gasteiger partial charge on any atom is -0.378 e. The molecule has 15 heavy (non-hydrogen) atoms. The first kappa shape index (κ1) is 11.9. The largest absolute Gasteiger partial charge is 0.378 e. The number of amides is 1. The highest BCUT2D eigenvalue weighted by Gasteiger charge is 2.03. The molecule has 0 radical (unpaired) electrons. The quantitative estimate of drug-likeness (QED) is 0.569. The molecule has 1 aromatic heterocycles. The number of hydrogen-bond donors (Lipinski definition) is 1. The molecule has 0 unspecified atom stereocenters. The Morgan fingerprint density at radius 1 is 1.47 bits per heavy atom. The second-order valence-electron chi connectivity index (χ2n) is 2.69. The third-order valence-corrected chi connectivity index (χ3v) is 1.75. The predicted molar refractivity (Wildman–Crippen MR) is 55.9 cm³/mol. The zero-order valence-electron chi connectivity index (χ0n) is 8.15. The van der Waals surface area contributed by atoms with Gasteiger partial charge in [0.25, 0.3) is 5.91 Å². The Hall–Kier alpha value is -1.20. The number of carbonyl (C=O) groups excluding carboxylic acids is 1. The maximum atomic E-state index is 11.4. The first-order chi connectivity index (χ1) is 7.34. The number of rotatable bonds is 6. The Morgan fingerprint density at radius 2 is 2.33 bits per heavy atom. The smallest absolute Gasteiger partial charge is 0.253 e. The van der Waals surface area contributed by atoms with Crippen LogP contribution in [-0.4, -0.2) is 41.7 Å². The van der Waals surface area contributed by atoms with E-state index >= 15 is 0 Å². The van der Waals surface area contributed by atoms with Crippen molar-refractivity contribution in [3.63, 3.8) is 0 Å². The van der Waals surface area contributed by atoms with Crippen LogP contribution in [0.2, 0.25) is 0 Å². The maximum absolute atomic E-state index is 11.4. The molecule has 0 aliphatic carbocycles. The molecule has 0 bridgehead atoms. The summed E-state index contributed by atoms with van der Waals surface area (Å²) < 4.78 is 5.09. The lowest BCUT2D eigenvalue weighted by Crippen LogP contribution is -2.27. The van der Waals surface area contributed by atoms with Gasteiger partial charge in [0, 0.05) is 12.4 Å². The Balaban J connectivity index is 2.20. The van der Waals surface area contributed by atoms with Crippen LogP contribution in [0.25, 0.3) is 0 Å². The first-order valence-corrected chi connectivity index (χ1v) is 5.06. The Kier molecular flexibility index (Phi) is 5.65. The second kappa shape index (κ2) is 7.14. The molecule has 1 aromatic rings. The highest BCUT2D eigenvalue weighted by molar-refractivity contribution is 6.17. The van der Waals surface area contributed by atoms with Crippen LogP contribution in [0.3, 0.4) is 0 Å². The topological polar surface area (TPSA) is 64.1 Å². The van der Waals surface area contributed by atoms with Gasteiger partial charge in [0.1, 0.15) is 0 Å². The van der Waals surface area contributed by atoms with E-state index in [0.29, 0.717) is 31.2 Å². The second-order valence-corrected chi connectivity index (χ2v) is 3.07. The summed E-state index contributed by atoms with van der Waals surface area (Å²) in [6, 6.07) is 1.60. The number of ether oxygens (including phenoxy) is 1. The number of nitrogens with zero attached hydrogens (tertiary/aromatic N) is 2. The van der Waals surface area contributed by atoms with Crippen molar-refractivity contribution >= 4 is 17.5 Å². The van der Waals surface area contributed by atoms with Gasteiger partial charge in [0.2, 0.25) is 0 Å². The van der Waals surface area contributed by atoms with Crippen molar-refractivity contribution in [1.82, 2.24) is 15.5 Å². The van der Waals surface area contributed by atoms with Gasteiger partial charge in [-0.3, -0.25) is 4.79 Å². The predicted octanol–water partition coefficient (Wildman–Crippen LogP) is 0.462. The Bertz CT molecular complexity index is 295. The molecule has 82 valence electrons. The van der Waals surface area contributed by atoms with Crippen LogP contribution < -0.4 is 5.32 Å². The molecule has 0 aromatic carbocycles. The van der Waals surface area contributed by atoms with Crippen molar-refractivity contribution in [3.05, 3.63) is 24.0 Å². The summed E-state index contributed by atoms with van der Waals surface area (Å²) >= 11 is 5.41. The minimum atomic E-state index is -0.181. The molecular formula is C9H12ClN3O2. The molecular weight excluding hydrogens is 218 g/mol. The van der Waals surface area contributed by atoms with Gasteiger partial charge in [-0.1, -0.05) is 0 Å². The lowest BCUT2D eigenvalue weighted by molar-refractivity contribution is 0.0923. The number of hydrogen-bond acceptors (Lipinski definition) is 4. The molecule has 0 saturated heterocycles. The summed E-state index contributed by atoms with van der Waals surface area (Å²) in [4.78, 5) is 11.4. The summed E-state index contributed by atoms with van der Waals surface area (Å²) in [7, 11) is 0. The van der Waals surface area contributed by atoms with Gasteiger partial charge in [0.15, 0.2) is 0 Å². The monoisotopic (exact) mass is 229 g/mol. The van der Waals surface area contributed by atoms with E-state index in [9.17, 15) is 4.79 Å². The van der Waals surface area contributed by atoms with E-state index in [0.717, 1.165) is 0 Å². The first-order valence-electron chi connectivity index (χ1n) is 4.53. The molecule has 0 aliphatic rings. The van der Waals surface area contributed by atoms with Gasteiger partial charge in [-0.25, -0.2) is 0 Å². The fourth-order valence-corrected chi connectivity index (χ4v) is 1.03. The van der Waals surface area contributed by atoms with Crippen molar-refractivity contribution in [2.24, 2.45) is 0 Å². The molecule has 6 heteroatoms. The van der Waals surface area contributed by atoms with Crippen LogP contribution >= 0.6 is 11.6 Å². The molecule has 0 atom stereocenters. The van der Waals surface area contributed by atoms with Gasteiger partial charge >= 0.3 is 0 Å². The lowest BCUT2D eigenvalue weighted by Gasteiger charge is -2.04. The summed E-state index contributed by atoms with van der Waals surface area (Å²) in [5.74, 6) is 0.279. The van der Waals surface area contributed by atoms with E-state index in [1.807, 2.05) is 0 Å². The molecule has 0 spiro atoms.